The minimum absolute atomic E-state index is 0.0987. The normalized spacial score (nSPS) is 18.9. The van der Waals surface area contributed by atoms with Crippen LogP contribution in [0.2, 0.25) is 0 Å². The van der Waals surface area contributed by atoms with Crippen LogP contribution < -0.4 is 10.1 Å². The fraction of sp³-hybridized carbons (Fsp3) is 0.294. The summed E-state index contributed by atoms with van der Waals surface area (Å²) in [6, 6.07) is 13.9. The largest absolute Gasteiger partial charge is 0.497 e. The van der Waals surface area contributed by atoms with E-state index >= 15 is 0 Å². The van der Waals surface area contributed by atoms with Crippen LogP contribution in [0.4, 0.5) is 0 Å². The number of nitrogens with one attached hydrogen (secondary N) is 1. The van der Waals surface area contributed by atoms with Gasteiger partial charge in [-0.1, -0.05) is 40.2 Å². The molecule has 2 unspecified atom stereocenters. The summed E-state index contributed by atoms with van der Waals surface area (Å²) in [7, 11) is 1.63. The van der Waals surface area contributed by atoms with E-state index in [4.69, 9.17) is 4.74 Å². The lowest BCUT2D eigenvalue weighted by Crippen LogP contribution is -2.34. The molecule has 0 spiro atoms. The number of methoxy groups -OCH3 is 1. The number of hydrogen-bond acceptors (Lipinski definition) is 3. The van der Waals surface area contributed by atoms with E-state index in [1.54, 1.807) is 7.11 Å². The second kappa shape index (κ2) is 6.18. The van der Waals surface area contributed by atoms with Crippen LogP contribution in [0.1, 0.15) is 28.8 Å². The predicted octanol–water partition coefficient (Wildman–Crippen LogP) is 3.38. The smallest absolute Gasteiger partial charge is 0.119 e. The highest BCUT2D eigenvalue weighted by atomic mass is 79.9. The van der Waals surface area contributed by atoms with Crippen LogP contribution in [-0.4, -0.2) is 18.8 Å². The lowest BCUT2D eigenvalue weighted by molar-refractivity contribution is 0.124. The number of halogens is 1. The number of aliphatic hydroxyl groups excluding tert-OH is 1. The lowest BCUT2D eigenvalue weighted by Gasteiger charge is -2.31. The van der Waals surface area contributed by atoms with Crippen LogP contribution in [0.25, 0.3) is 0 Å². The zero-order valence-electron chi connectivity index (χ0n) is 11.8. The Morgan fingerprint density at radius 1 is 1.29 bits per heavy atom. The highest BCUT2D eigenvalue weighted by Crippen LogP contribution is 2.37. The Balaban J connectivity index is 1.98. The van der Waals surface area contributed by atoms with Crippen molar-refractivity contribution >= 4 is 15.9 Å². The molecule has 1 aliphatic rings. The second-order valence-corrected chi connectivity index (χ2v) is 6.07. The molecule has 0 aromatic heterocycles. The average molecular weight is 348 g/mol. The Bertz CT molecular complexity index is 644. The third-order valence-corrected chi connectivity index (χ3v) is 4.71. The molecule has 0 radical (unpaired) electrons. The van der Waals surface area contributed by atoms with Crippen LogP contribution in [0, 0.1) is 0 Å². The van der Waals surface area contributed by atoms with Crippen molar-refractivity contribution < 1.29 is 9.84 Å². The number of fused-ring (bicyclic) bond motifs is 1. The first-order valence-corrected chi connectivity index (χ1v) is 7.82. The van der Waals surface area contributed by atoms with E-state index in [0.29, 0.717) is 0 Å². The fourth-order valence-electron chi connectivity index (χ4n) is 2.87. The first kappa shape index (κ1) is 14.6. The molecule has 2 N–H and O–H groups in total. The van der Waals surface area contributed by atoms with Gasteiger partial charge in [0, 0.05) is 10.0 Å². The Morgan fingerprint density at radius 3 is 2.90 bits per heavy atom. The molecule has 0 saturated heterocycles. The minimum Gasteiger partial charge on any atom is -0.497 e. The predicted molar refractivity (Wildman–Crippen MR) is 86.5 cm³/mol. The number of aliphatic hydroxyl groups is 1. The van der Waals surface area contributed by atoms with Gasteiger partial charge in [-0.05, 0) is 42.3 Å². The van der Waals surface area contributed by atoms with Gasteiger partial charge in [0.2, 0.25) is 0 Å². The summed E-state index contributed by atoms with van der Waals surface area (Å²) in [5.74, 6) is 0.747. The van der Waals surface area contributed by atoms with E-state index in [-0.39, 0.29) is 6.04 Å². The van der Waals surface area contributed by atoms with Gasteiger partial charge in [-0.2, -0.15) is 0 Å². The molecule has 0 amide bonds. The van der Waals surface area contributed by atoms with E-state index in [2.05, 4.69) is 39.4 Å². The molecule has 0 fully saturated rings. The summed E-state index contributed by atoms with van der Waals surface area (Å²) in [5.41, 5.74) is 3.31. The SMILES string of the molecule is COc1ccc(Br)c(C(O)C2NCCc3ccccc32)c1. The summed E-state index contributed by atoms with van der Waals surface area (Å²) >= 11 is 3.52. The van der Waals surface area contributed by atoms with Crippen LogP contribution in [-0.2, 0) is 6.42 Å². The van der Waals surface area contributed by atoms with Crippen molar-refractivity contribution in [2.75, 3.05) is 13.7 Å². The van der Waals surface area contributed by atoms with Gasteiger partial charge in [-0.15, -0.1) is 0 Å². The summed E-state index contributed by atoms with van der Waals surface area (Å²) < 4.78 is 6.15. The molecule has 0 aliphatic carbocycles. The maximum atomic E-state index is 10.8. The zero-order chi connectivity index (χ0) is 14.8. The maximum absolute atomic E-state index is 10.8. The Morgan fingerprint density at radius 2 is 2.10 bits per heavy atom. The van der Waals surface area contributed by atoms with Crippen LogP contribution >= 0.6 is 15.9 Å². The summed E-state index contributed by atoms with van der Waals surface area (Å²) in [6.07, 6.45) is 0.370. The van der Waals surface area contributed by atoms with Crippen LogP contribution in [0.5, 0.6) is 5.75 Å². The van der Waals surface area contributed by atoms with Crippen LogP contribution in [0.15, 0.2) is 46.9 Å². The average Bonchev–Trinajstić information content (AvgIpc) is 2.54. The van der Waals surface area contributed by atoms with Gasteiger partial charge in [0.25, 0.3) is 0 Å². The third-order valence-electron chi connectivity index (χ3n) is 3.99. The van der Waals surface area contributed by atoms with E-state index < -0.39 is 6.10 Å². The molecule has 0 bridgehead atoms. The van der Waals surface area contributed by atoms with E-state index in [1.807, 2.05) is 24.3 Å². The molecule has 3 rings (SSSR count). The van der Waals surface area contributed by atoms with Crippen molar-refractivity contribution in [1.82, 2.24) is 5.32 Å². The monoisotopic (exact) mass is 347 g/mol. The van der Waals surface area contributed by atoms with Crippen LogP contribution in [0.3, 0.4) is 0 Å². The maximum Gasteiger partial charge on any atom is 0.119 e. The lowest BCUT2D eigenvalue weighted by atomic mass is 9.88. The van der Waals surface area contributed by atoms with Gasteiger partial charge >= 0.3 is 0 Å². The molecule has 2 aromatic rings. The van der Waals surface area contributed by atoms with Gasteiger partial charge in [-0.25, -0.2) is 0 Å². The number of benzene rings is 2. The molecule has 1 heterocycles. The van der Waals surface area contributed by atoms with Gasteiger partial charge in [0.1, 0.15) is 5.75 Å². The van der Waals surface area contributed by atoms with Crippen molar-refractivity contribution in [1.29, 1.82) is 0 Å². The Kier molecular flexibility index (Phi) is 4.29. The third kappa shape index (κ3) is 2.84. The molecule has 4 heteroatoms. The molecule has 21 heavy (non-hydrogen) atoms. The first-order valence-electron chi connectivity index (χ1n) is 7.03. The van der Waals surface area contributed by atoms with Crippen molar-refractivity contribution in [2.24, 2.45) is 0 Å². The standard InChI is InChI=1S/C17H18BrNO2/c1-21-12-6-7-15(18)14(10-12)17(20)16-13-5-3-2-4-11(13)8-9-19-16/h2-7,10,16-17,19-20H,8-9H2,1H3. The summed E-state index contributed by atoms with van der Waals surface area (Å²) in [4.78, 5) is 0. The molecule has 110 valence electrons. The van der Waals surface area contributed by atoms with E-state index in [1.165, 1.54) is 11.1 Å². The van der Waals surface area contributed by atoms with E-state index in [9.17, 15) is 5.11 Å². The highest BCUT2D eigenvalue weighted by molar-refractivity contribution is 9.10. The minimum atomic E-state index is -0.629. The number of ether oxygens (including phenoxy) is 1. The molecular weight excluding hydrogens is 330 g/mol. The highest BCUT2D eigenvalue weighted by Gasteiger charge is 2.28. The molecule has 0 saturated carbocycles. The molecule has 1 aliphatic heterocycles. The quantitative estimate of drug-likeness (QED) is 0.894. The Labute approximate surface area is 133 Å². The van der Waals surface area contributed by atoms with Crippen molar-refractivity contribution in [3.8, 4) is 5.75 Å². The molecular formula is C17H18BrNO2. The summed E-state index contributed by atoms with van der Waals surface area (Å²) in [6.45, 7) is 0.875. The number of hydrogen-bond donors (Lipinski definition) is 2. The first-order chi connectivity index (χ1) is 10.2. The fourth-order valence-corrected chi connectivity index (χ4v) is 3.36. The Hall–Kier alpha value is -1.36. The van der Waals surface area contributed by atoms with Gasteiger partial charge in [0.15, 0.2) is 0 Å². The summed E-state index contributed by atoms with van der Waals surface area (Å²) in [5, 5.41) is 14.3. The molecule has 2 aromatic carbocycles. The number of rotatable bonds is 3. The van der Waals surface area contributed by atoms with E-state index in [0.717, 1.165) is 28.8 Å². The van der Waals surface area contributed by atoms with Gasteiger partial charge in [-0.3, -0.25) is 0 Å². The second-order valence-electron chi connectivity index (χ2n) is 5.21. The zero-order valence-corrected chi connectivity index (χ0v) is 13.4. The molecule has 3 nitrogen and oxygen atoms in total. The van der Waals surface area contributed by atoms with Crippen molar-refractivity contribution in [3.63, 3.8) is 0 Å². The van der Waals surface area contributed by atoms with Crippen molar-refractivity contribution in [3.05, 3.63) is 63.6 Å². The topological polar surface area (TPSA) is 41.5 Å². The van der Waals surface area contributed by atoms with Gasteiger partial charge < -0.3 is 15.2 Å². The molecule has 2 atom stereocenters. The van der Waals surface area contributed by atoms with Crippen molar-refractivity contribution in [2.45, 2.75) is 18.6 Å². The van der Waals surface area contributed by atoms with Gasteiger partial charge in [0.05, 0.1) is 19.3 Å².